The third kappa shape index (κ3) is 3.73. The zero-order valence-corrected chi connectivity index (χ0v) is 16.9. The Hall–Kier alpha value is -2.87. The lowest BCUT2D eigenvalue weighted by atomic mass is 9.92. The minimum absolute atomic E-state index is 0.265. The smallest absolute Gasteiger partial charge is 0.325 e. The van der Waals surface area contributed by atoms with Crippen molar-refractivity contribution in [3.05, 3.63) is 52.2 Å². The SMILES string of the molecule is CCN(Cc1cccs1)C(=O)CN1C(=O)NC(C)(c2ccc(OC)cc2)C1=O. The number of carbonyl (C=O) groups is 3. The van der Waals surface area contributed by atoms with E-state index in [0.717, 1.165) is 9.78 Å². The summed E-state index contributed by atoms with van der Waals surface area (Å²) in [7, 11) is 1.56. The monoisotopic (exact) mass is 401 g/mol. The highest BCUT2D eigenvalue weighted by atomic mass is 32.1. The predicted molar refractivity (Wildman–Crippen MR) is 106 cm³/mol. The molecule has 1 unspecified atom stereocenters. The highest BCUT2D eigenvalue weighted by Crippen LogP contribution is 2.30. The molecule has 2 aromatic rings. The van der Waals surface area contributed by atoms with E-state index in [-0.39, 0.29) is 12.5 Å². The molecule has 2 heterocycles. The lowest BCUT2D eigenvalue weighted by Gasteiger charge is -2.24. The molecule has 1 N–H and O–H groups in total. The van der Waals surface area contributed by atoms with Crippen LogP contribution < -0.4 is 10.1 Å². The molecule has 1 aliphatic rings. The van der Waals surface area contributed by atoms with Crippen molar-refractivity contribution in [2.45, 2.75) is 25.9 Å². The highest BCUT2D eigenvalue weighted by molar-refractivity contribution is 7.09. The van der Waals surface area contributed by atoms with Gasteiger partial charge in [-0.25, -0.2) is 4.79 Å². The number of thiophene rings is 1. The number of carbonyl (C=O) groups excluding carboxylic acids is 3. The summed E-state index contributed by atoms with van der Waals surface area (Å²) >= 11 is 1.56. The molecular formula is C20H23N3O4S. The van der Waals surface area contributed by atoms with Crippen LogP contribution in [0, 0.1) is 0 Å². The van der Waals surface area contributed by atoms with Gasteiger partial charge in [0.25, 0.3) is 5.91 Å². The van der Waals surface area contributed by atoms with Crippen LogP contribution in [0.4, 0.5) is 4.79 Å². The molecule has 1 atom stereocenters. The van der Waals surface area contributed by atoms with Gasteiger partial charge < -0.3 is 15.0 Å². The van der Waals surface area contributed by atoms with Crippen LogP contribution >= 0.6 is 11.3 Å². The maximum absolute atomic E-state index is 13.0. The molecule has 1 aromatic heterocycles. The van der Waals surface area contributed by atoms with Crippen LogP contribution in [0.5, 0.6) is 5.75 Å². The maximum Gasteiger partial charge on any atom is 0.325 e. The van der Waals surface area contributed by atoms with E-state index in [2.05, 4.69) is 5.32 Å². The van der Waals surface area contributed by atoms with Gasteiger partial charge in [-0.2, -0.15) is 0 Å². The van der Waals surface area contributed by atoms with Gasteiger partial charge in [0.2, 0.25) is 5.91 Å². The first-order valence-electron chi connectivity index (χ1n) is 8.97. The van der Waals surface area contributed by atoms with Gasteiger partial charge in [0.15, 0.2) is 0 Å². The second-order valence-corrected chi connectivity index (χ2v) is 7.69. The Kier molecular flexibility index (Phi) is 5.69. The van der Waals surface area contributed by atoms with Gasteiger partial charge >= 0.3 is 6.03 Å². The van der Waals surface area contributed by atoms with Crippen molar-refractivity contribution in [2.75, 3.05) is 20.2 Å². The van der Waals surface area contributed by atoms with E-state index in [0.29, 0.717) is 24.4 Å². The van der Waals surface area contributed by atoms with Gasteiger partial charge in [0.05, 0.1) is 13.7 Å². The van der Waals surface area contributed by atoms with Gasteiger partial charge in [-0.15, -0.1) is 11.3 Å². The fraction of sp³-hybridized carbons (Fsp3) is 0.350. The van der Waals surface area contributed by atoms with Crippen LogP contribution in [0.2, 0.25) is 0 Å². The summed E-state index contributed by atoms with van der Waals surface area (Å²) in [6.45, 7) is 4.19. The summed E-state index contributed by atoms with van der Waals surface area (Å²) in [5.41, 5.74) is -0.582. The molecule has 148 valence electrons. The Bertz CT molecular complexity index is 866. The second-order valence-electron chi connectivity index (χ2n) is 6.66. The topological polar surface area (TPSA) is 79.0 Å². The fourth-order valence-corrected chi connectivity index (χ4v) is 3.88. The summed E-state index contributed by atoms with van der Waals surface area (Å²) in [6.07, 6.45) is 0. The van der Waals surface area contributed by atoms with Crippen molar-refractivity contribution in [1.82, 2.24) is 15.1 Å². The molecule has 8 heteroatoms. The Morgan fingerprint density at radius 1 is 1.25 bits per heavy atom. The molecule has 0 spiro atoms. The quantitative estimate of drug-likeness (QED) is 0.724. The summed E-state index contributed by atoms with van der Waals surface area (Å²) in [6, 6.07) is 10.2. The molecule has 1 aliphatic heterocycles. The minimum Gasteiger partial charge on any atom is -0.497 e. The van der Waals surface area contributed by atoms with Crippen LogP contribution in [0.25, 0.3) is 0 Å². The Morgan fingerprint density at radius 2 is 1.96 bits per heavy atom. The molecular weight excluding hydrogens is 378 g/mol. The third-order valence-electron chi connectivity index (χ3n) is 4.90. The summed E-state index contributed by atoms with van der Waals surface area (Å²) in [4.78, 5) is 41.9. The number of urea groups is 1. The Morgan fingerprint density at radius 3 is 2.54 bits per heavy atom. The molecule has 0 aliphatic carbocycles. The summed E-state index contributed by atoms with van der Waals surface area (Å²) in [5, 5.41) is 4.67. The average molecular weight is 401 g/mol. The fourth-order valence-electron chi connectivity index (χ4n) is 3.16. The summed E-state index contributed by atoms with van der Waals surface area (Å²) < 4.78 is 5.14. The van der Waals surface area contributed by atoms with Gasteiger partial charge in [0.1, 0.15) is 17.8 Å². The number of rotatable bonds is 7. The molecule has 0 saturated carbocycles. The lowest BCUT2D eigenvalue weighted by molar-refractivity contribution is -0.139. The first kappa shape index (κ1) is 19.9. The molecule has 0 bridgehead atoms. The first-order valence-corrected chi connectivity index (χ1v) is 9.85. The Balaban J connectivity index is 1.74. The van der Waals surface area contributed by atoms with E-state index >= 15 is 0 Å². The van der Waals surface area contributed by atoms with Crippen molar-refractivity contribution in [3.63, 3.8) is 0 Å². The van der Waals surface area contributed by atoms with E-state index in [1.54, 1.807) is 54.5 Å². The van der Waals surface area contributed by atoms with Gasteiger partial charge in [-0.05, 0) is 43.0 Å². The normalized spacial score (nSPS) is 18.9. The number of methoxy groups -OCH3 is 1. The van der Waals surface area contributed by atoms with E-state index < -0.39 is 17.5 Å². The number of benzene rings is 1. The molecule has 7 nitrogen and oxygen atoms in total. The van der Waals surface area contributed by atoms with E-state index in [4.69, 9.17) is 4.74 Å². The van der Waals surface area contributed by atoms with Crippen LogP contribution in [0.1, 0.15) is 24.3 Å². The molecule has 4 amide bonds. The number of hydrogen-bond donors (Lipinski definition) is 1. The zero-order valence-electron chi connectivity index (χ0n) is 16.1. The van der Waals surface area contributed by atoms with Crippen LogP contribution in [-0.4, -0.2) is 47.8 Å². The molecule has 3 rings (SSSR count). The number of amides is 4. The minimum atomic E-state index is -1.21. The largest absolute Gasteiger partial charge is 0.497 e. The van der Waals surface area contributed by atoms with Gasteiger partial charge in [0, 0.05) is 11.4 Å². The molecule has 1 aromatic carbocycles. The number of hydrogen-bond acceptors (Lipinski definition) is 5. The standard InChI is InChI=1S/C20H23N3O4S/c1-4-22(12-16-6-5-11-28-16)17(24)13-23-18(25)20(2,21-19(23)26)14-7-9-15(27-3)10-8-14/h5-11H,4,12-13H2,1-3H3,(H,21,26). The van der Waals surface area contributed by atoms with E-state index in [1.807, 2.05) is 24.4 Å². The number of nitrogens with zero attached hydrogens (tertiary/aromatic N) is 2. The Labute approximate surface area is 167 Å². The highest BCUT2D eigenvalue weighted by Gasteiger charge is 2.49. The van der Waals surface area contributed by atoms with Crippen molar-refractivity contribution >= 4 is 29.2 Å². The van der Waals surface area contributed by atoms with Gasteiger partial charge in [-0.1, -0.05) is 18.2 Å². The zero-order chi connectivity index (χ0) is 20.3. The van der Waals surface area contributed by atoms with Crippen LogP contribution in [0.15, 0.2) is 41.8 Å². The van der Waals surface area contributed by atoms with Crippen molar-refractivity contribution in [3.8, 4) is 5.75 Å². The second kappa shape index (κ2) is 8.02. The molecule has 1 fully saturated rings. The lowest BCUT2D eigenvalue weighted by Crippen LogP contribution is -2.44. The van der Waals surface area contributed by atoms with Crippen molar-refractivity contribution in [1.29, 1.82) is 0 Å². The maximum atomic E-state index is 13.0. The molecule has 28 heavy (non-hydrogen) atoms. The number of imide groups is 1. The average Bonchev–Trinajstić information content (AvgIpc) is 3.29. The van der Waals surface area contributed by atoms with Crippen molar-refractivity contribution < 1.29 is 19.1 Å². The predicted octanol–water partition coefficient (Wildman–Crippen LogP) is 2.57. The van der Waals surface area contributed by atoms with E-state index in [9.17, 15) is 14.4 Å². The van der Waals surface area contributed by atoms with Crippen LogP contribution in [-0.2, 0) is 21.7 Å². The molecule has 1 saturated heterocycles. The summed E-state index contributed by atoms with van der Waals surface area (Å²) in [5.74, 6) is -0.0510. The number of likely N-dealkylation sites (N-methyl/N-ethyl adjacent to an activating group) is 1. The van der Waals surface area contributed by atoms with Crippen LogP contribution in [0.3, 0.4) is 0 Å². The van der Waals surface area contributed by atoms with Crippen molar-refractivity contribution in [2.24, 2.45) is 0 Å². The van der Waals surface area contributed by atoms with Gasteiger partial charge in [-0.3, -0.25) is 14.5 Å². The first-order chi connectivity index (χ1) is 13.4. The number of nitrogens with one attached hydrogen (secondary N) is 1. The third-order valence-corrected chi connectivity index (χ3v) is 5.76. The van der Waals surface area contributed by atoms with E-state index in [1.165, 1.54) is 0 Å². The number of ether oxygens (including phenoxy) is 1. The molecule has 0 radical (unpaired) electrons.